The Morgan fingerprint density at radius 3 is 2.66 bits per heavy atom. The summed E-state index contributed by atoms with van der Waals surface area (Å²) >= 11 is 2.42. The number of thioether (sulfide) groups is 1. The zero-order chi connectivity index (χ0) is 23.0. The van der Waals surface area contributed by atoms with E-state index >= 15 is 0 Å². The van der Waals surface area contributed by atoms with Crippen LogP contribution in [0, 0.1) is 27.7 Å². The van der Waals surface area contributed by atoms with Gasteiger partial charge in [-0.2, -0.15) is 0 Å². The third-order valence-corrected chi connectivity index (χ3v) is 6.87. The number of carbonyl (C=O) groups is 2. The Kier molecular flexibility index (Phi) is 6.16. The highest BCUT2D eigenvalue weighted by atomic mass is 32.2. The van der Waals surface area contributed by atoms with Crippen molar-refractivity contribution in [1.82, 2.24) is 19.6 Å². The van der Waals surface area contributed by atoms with Crippen molar-refractivity contribution in [3.63, 3.8) is 0 Å². The van der Waals surface area contributed by atoms with Gasteiger partial charge in [0.2, 0.25) is 5.91 Å². The van der Waals surface area contributed by atoms with E-state index in [1.165, 1.54) is 17.3 Å². The maximum Gasteiger partial charge on any atom is 0.350 e. The topological polar surface area (TPSA) is 98.5 Å². The Morgan fingerprint density at radius 2 is 1.91 bits per heavy atom. The first-order valence-electron chi connectivity index (χ1n) is 10.1. The molecule has 0 saturated heterocycles. The van der Waals surface area contributed by atoms with Crippen LogP contribution in [0.4, 0.5) is 5.13 Å². The first-order chi connectivity index (χ1) is 15.3. The summed E-state index contributed by atoms with van der Waals surface area (Å²) in [6.07, 6.45) is 0. The Balaban J connectivity index is 1.56. The molecule has 0 radical (unpaired) electrons. The Hall–Kier alpha value is -2.98. The lowest BCUT2D eigenvalue weighted by atomic mass is 10.1. The molecule has 166 valence electrons. The van der Waals surface area contributed by atoms with Crippen molar-refractivity contribution < 1.29 is 14.3 Å². The van der Waals surface area contributed by atoms with Gasteiger partial charge in [0.1, 0.15) is 4.88 Å². The normalized spacial score (nSPS) is 11.3. The van der Waals surface area contributed by atoms with E-state index in [0.717, 1.165) is 39.0 Å². The van der Waals surface area contributed by atoms with Crippen LogP contribution in [0.3, 0.4) is 0 Å². The third kappa shape index (κ3) is 4.20. The van der Waals surface area contributed by atoms with Crippen LogP contribution in [0.25, 0.3) is 16.6 Å². The van der Waals surface area contributed by atoms with Gasteiger partial charge in [-0.15, -0.1) is 10.2 Å². The predicted molar refractivity (Wildman–Crippen MR) is 127 cm³/mol. The second-order valence-corrected chi connectivity index (χ2v) is 9.42. The fraction of sp³-hybridized carbons (Fsp3) is 0.318. The summed E-state index contributed by atoms with van der Waals surface area (Å²) in [4.78, 5) is 29.2. The van der Waals surface area contributed by atoms with E-state index in [4.69, 9.17) is 4.74 Å². The quantitative estimate of drug-likeness (QED) is 0.328. The van der Waals surface area contributed by atoms with E-state index in [2.05, 4.69) is 52.5 Å². The summed E-state index contributed by atoms with van der Waals surface area (Å²) in [6, 6.07) is 6.39. The number of fused-ring (bicyclic) bond motifs is 3. The average molecular weight is 470 g/mol. The first kappa shape index (κ1) is 22.2. The number of carbonyl (C=O) groups excluding carboxylic acids is 2. The fourth-order valence-electron chi connectivity index (χ4n) is 3.65. The number of aromatic nitrogens is 4. The number of nitrogens with zero attached hydrogens (tertiary/aromatic N) is 4. The molecule has 0 aliphatic rings. The van der Waals surface area contributed by atoms with Gasteiger partial charge < -0.3 is 10.1 Å². The van der Waals surface area contributed by atoms with Crippen LogP contribution in [0.1, 0.15) is 39.0 Å². The van der Waals surface area contributed by atoms with E-state index in [1.54, 1.807) is 13.8 Å². The maximum atomic E-state index is 12.6. The Morgan fingerprint density at radius 1 is 1.12 bits per heavy atom. The zero-order valence-corrected chi connectivity index (χ0v) is 20.1. The summed E-state index contributed by atoms with van der Waals surface area (Å²) < 4.78 is 7.04. The summed E-state index contributed by atoms with van der Waals surface area (Å²) in [6.45, 7) is 9.90. The number of thiazole rings is 1. The van der Waals surface area contributed by atoms with Gasteiger partial charge in [0, 0.05) is 0 Å². The number of nitrogens with one attached hydrogen (secondary N) is 1. The van der Waals surface area contributed by atoms with Gasteiger partial charge in [-0.3, -0.25) is 9.20 Å². The molecule has 32 heavy (non-hydrogen) atoms. The molecule has 0 atom stereocenters. The summed E-state index contributed by atoms with van der Waals surface area (Å²) in [5, 5.41) is 13.6. The van der Waals surface area contributed by atoms with Crippen LogP contribution in [0.2, 0.25) is 0 Å². The fourth-order valence-corrected chi connectivity index (χ4v) is 5.26. The van der Waals surface area contributed by atoms with Crippen LogP contribution in [-0.4, -0.2) is 43.8 Å². The first-order valence-corrected chi connectivity index (χ1v) is 11.9. The maximum absolute atomic E-state index is 12.6. The van der Waals surface area contributed by atoms with Crippen molar-refractivity contribution >= 4 is 56.7 Å². The zero-order valence-electron chi connectivity index (χ0n) is 18.5. The minimum Gasteiger partial charge on any atom is -0.462 e. The molecule has 0 unspecified atom stereocenters. The molecule has 3 aromatic heterocycles. The van der Waals surface area contributed by atoms with Gasteiger partial charge in [0.15, 0.2) is 15.9 Å². The van der Waals surface area contributed by atoms with Crippen molar-refractivity contribution in [2.45, 2.75) is 39.8 Å². The van der Waals surface area contributed by atoms with Crippen molar-refractivity contribution in [1.29, 1.82) is 0 Å². The van der Waals surface area contributed by atoms with Crippen LogP contribution in [0.15, 0.2) is 23.4 Å². The number of amides is 1. The molecule has 1 aromatic carbocycles. The number of hydrogen-bond donors (Lipinski definition) is 1. The second kappa shape index (κ2) is 8.87. The molecule has 10 heteroatoms. The number of aryl methyl sites for hydroxylation is 4. The lowest BCUT2D eigenvalue weighted by Crippen LogP contribution is -2.14. The number of benzene rings is 1. The highest BCUT2D eigenvalue weighted by molar-refractivity contribution is 7.99. The number of esters is 1. The molecule has 0 aliphatic heterocycles. The SMILES string of the molecule is CCOC(=O)c1sc(NC(=O)CSc2nnc3c(C)cc4cc(C)cc(C)c4n23)nc1C. The van der Waals surface area contributed by atoms with Crippen LogP contribution in [-0.2, 0) is 9.53 Å². The van der Waals surface area contributed by atoms with E-state index < -0.39 is 5.97 Å². The number of anilines is 1. The van der Waals surface area contributed by atoms with E-state index in [1.807, 2.05) is 11.3 Å². The Labute approximate surface area is 193 Å². The molecule has 4 aromatic rings. The summed E-state index contributed by atoms with van der Waals surface area (Å²) in [5.41, 5.74) is 5.70. The van der Waals surface area contributed by atoms with Crippen molar-refractivity contribution in [3.8, 4) is 0 Å². The van der Waals surface area contributed by atoms with Gasteiger partial charge in [-0.25, -0.2) is 9.78 Å². The highest BCUT2D eigenvalue weighted by Crippen LogP contribution is 2.29. The molecule has 4 rings (SSSR count). The standard InChI is InChI=1S/C22H23N5O3S2/c1-6-30-20(29)18-14(5)23-21(32-18)24-16(28)10-31-22-26-25-19-13(4)9-15-8-11(2)7-12(3)17(15)27(19)22/h7-9H,6,10H2,1-5H3,(H,23,24,28). The monoisotopic (exact) mass is 469 g/mol. The van der Waals surface area contributed by atoms with Gasteiger partial charge in [-0.1, -0.05) is 34.7 Å². The van der Waals surface area contributed by atoms with Crippen molar-refractivity contribution in [2.24, 2.45) is 0 Å². The predicted octanol–water partition coefficient (Wildman–Crippen LogP) is 4.48. The number of hydrogen-bond acceptors (Lipinski definition) is 8. The van der Waals surface area contributed by atoms with Crippen LogP contribution >= 0.6 is 23.1 Å². The molecule has 8 nitrogen and oxygen atoms in total. The minimum atomic E-state index is -0.430. The molecule has 3 heterocycles. The second-order valence-electron chi connectivity index (χ2n) is 7.48. The highest BCUT2D eigenvalue weighted by Gasteiger charge is 2.19. The molecular weight excluding hydrogens is 446 g/mol. The molecule has 1 amide bonds. The largest absolute Gasteiger partial charge is 0.462 e. The van der Waals surface area contributed by atoms with Crippen LogP contribution in [0.5, 0.6) is 0 Å². The number of pyridine rings is 1. The lowest BCUT2D eigenvalue weighted by Gasteiger charge is -2.10. The van der Waals surface area contributed by atoms with Crippen molar-refractivity contribution in [2.75, 3.05) is 17.7 Å². The molecular formula is C22H23N5O3S2. The molecule has 0 aliphatic carbocycles. The average Bonchev–Trinajstić information content (AvgIpc) is 3.30. The summed E-state index contributed by atoms with van der Waals surface area (Å²) in [5.74, 6) is -0.533. The smallest absolute Gasteiger partial charge is 0.350 e. The molecule has 1 N–H and O–H groups in total. The molecule has 0 bridgehead atoms. The van der Waals surface area contributed by atoms with E-state index in [0.29, 0.717) is 20.9 Å². The van der Waals surface area contributed by atoms with Gasteiger partial charge >= 0.3 is 5.97 Å². The van der Waals surface area contributed by atoms with Gasteiger partial charge in [0.25, 0.3) is 0 Å². The van der Waals surface area contributed by atoms with E-state index in [9.17, 15) is 9.59 Å². The van der Waals surface area contributed by atoms with Gasteiger partial charge in [0.05, 0.1) is 23.6 Å². The van der Waals surface area contributed by atoms with E-state index in [-0.39, 0.29) is 18.3 Å². The molecule has 0 saturated carbocycles. The number of rotatable bonds is 6. The third-order valence-electron chi connectivity index (χ3n) is 4.89. The molecule has 0 spiro atoms. The number of ether oxygens (including phenoxy) is 1. The lowest BCUT2D eigenvalue weighted by molar-refractivity contribution is -0.113. The van der Waals surface area contributed by atoms with Crippen LogP contribution < -0.4 is 5.32 Å². The minimum absolute atomic E-state index is 0.133. The van der Waals surface area contributed by atoms with Crippen molar-refractivity contribution in [3.05, 3.63) is 45.5 Å². The molecule has 0 fully saturated rings. The van der Waals surface area contributed by atoms with Gasteiger partial charge in [-0.05, 0) is 63.3 Å². The Bertz CT molecular complexity index is 1360. The summed E-state index contributed by atoms with van der Waals surface area (Å²) in [7, 11) is 0.